The van der Waals surface area contributed by atoms with Crippen molar-refractivity contribution in [2.45, 2.75) is 30.0 Å². The van der Waals surface area contributed by atoms with Crippen molar-refractivity contribution < 1.29 is 4.42 Å². The number of nitrogens with one attached hydrogen (secondary N) is 1. The van der Waals surface area contributed by atoms with Crippen molar-refractivity contribution in [2.75, 3.05) is 5.75 Å². The van der Waals surface area contributed by atoms with Crippen LogP contribution in [0.3, 0.4) is 0 Å². The third kappa shape index (κ3) is 3.61. The van der Waals surface area contributed by atoms with Gasteiger partial charge < -0.3 is 9.40 Å². The van der Waals surface area contributed by atoms with E-state index in [1.165, 1.54) is 29.6 Å². The summed E-state index contributed by atoms with van der Waals surface area (Å²) >= 11 is 2.86. The van der Waals surface area contributed by atoms with Crippen LogP contribution in [-0.4, -0.2) is 25.9 Å². The molecule has 0 aromatic carbocycles. The van der Waals surface area contributed by atoms with E-state index in [1.54, 1.807) is 6.92 Å². The van der Waals surface area contributed by atoms with Gasteiger partial charge in [0.25, 0.3) is 10.8 Å². The van der Waals surface area contributed by atoms with Gasteiger partial charge in [0.2, 0.25) is 5.89 Å². The molecule has 0 unspecified atom stereocenters. The Balaban J connectivity index is 1.99. The number of hydrogen-bond donors (Lipinski definition) is 1. The van der Waals surface area contributed by atoms with Gasteiger partial charge in [-0.1, -0.05) is 30.4 Å². The SMILES string of the molecule is CCSc1nnc(CSc2nc(C)cc(=O)[nH]2)o1. The van der Waals surface area contributed by atoms with Crippen molar-refractivity contribution in [3.8, 4) is 0 Å². The number of hydrogen-bond acceptors (Lipinski definition) is 7. The maximum atomic E-state index is 11.2. The molecular weight excluding hydrogens is 272 g/mol. The Hall–Kier alpha value is -1.28. The molecule has 0 saturated carbocycles. The van der Waals surface area contributed by atoms with Crippen LogP contribution in [0.4, 0.5) is 0 Å². The average molecular weight is 284 g/mol. The first-order valence-corrected chi connectivity index (χ1v) is 7.30. The molecule has 0 fully saturated rings. The van der Waals surface area contributed by atoms with Crippen LogP contribution in [0, 0.1) is 6.92 Å². The van der Waals surface area contributed by atoms with Crippen LogP contribution in [0.5, 0.6) is 0 Å². The summed E-state index contributed by atoms with van der Waals surface area (Å²) in [7, 11) is 0. The molecule has 2 aromatic rings. The number of aryl methyl sites for hydroxylation is 1. The summed E-state index contributed by atoms with van der Waals surface area (Å²) in [6, 6.07) is 1.45. The fraction of sp³-hybridized carbons (Fsp3) is 0.400. The molecule has 0 amide bonds. The Kier molecular flexibility index (Phi) is 4.43. The van der Waals surface area contributed by atoms with Gasteiger partial charge in [0.05, 0.1) is 5.75 Å². The molecule has 6 nitrogen and oxygen atoms in total. The molecule has 2 aromatic heterocycles. The second-order valence-electron chi connectivity index (χ2n) is 3.38. The molecule has 0 atom stereocenters. The second kappa shape index (κ2) is 6.05. The third-order valence-electron chi connectivity index (χ3n) is 1.90. The van der Waals surface area contributed by atoms with Gasteiger partial charge in [-0.2, -0.15) is 0 Å². The zero-order valence-electron chi connectivity index (χ0n) is 9.97. The van der Waals surface area contributed by atoms with E-state index in [2.05, 4.69) is 20.2 Å². The predicted octanol–water partition coefficient (Wildman–Crippen LogP) is 1.87. The van der Waals surface area contributed by atoms with Gasteiger partial charge in [0, 0.05) is 11.8 Å². The van der Waals surface area contributed by atoms with Crippen LogP contribution in [0.15, 0.2) is 25.7 Å². The van der Waals surface area contributed by atoms with Crippen LogP contribution in [0.25, 0.3) is 0 Å². The first kappa shape index (κ1) is 13.2. The summed E-state index contributed by atoms with van der Waals surface area (Å²) in [4.78, 5) is 18.1. The molecule has 18 heavy (non-hydrogen) atoms. The lowest BCUT2D eigenvalue weighted by Crippen LogP contribution is -2.08. The average Bonchev–Trinajstić information content (AvgIpc) is 2.74. The summed E-state index contributed by atoms with van der Waals surface area (Å²) < 4.78 is 5.41. The van der Waals surface area contributed by atoms with Crippen molar-refractivity contribution in [3.63, 3.8) is 0 Å². The molecule has 2 rings (SSSR count). The van der Waals surface area contributed by atoms with Crippen LogP contribution < -0.4 is 5.56 Å². The van der Waals surface area contributed by atoms with Gasteiger partial charge in [0.1, 0.15) is 0 Å². The molecule has 0 spiro atoms. The number of H-pyrrole nitrogens is 1. The van der Waals surface area contributed by atoms with E-state index in [0.29, 0.717) is 27.7 Å². The molecule has 2 heterocycles. The number of thioether (sulfide) groups is 2. The van der Waals surface area contributed by atoms with Gasteiger partial charge in [0.15, 0.2) is 5.16 Å². The number of nitrogens with zero attached hydrogens (tertiary/aromatic N) is 3. The van der Waals surface area contributed by atoms with Gasteiger partial charge in [-0.3, -0.25) is 4.79 Å². The lowest BCUT2D eigenvalue weighted by Gasteiger charge is -1.98. The van der Waals surface area contributed by atoms with Crippen LogP contribution in [0.1, 0.15) is 18.5 Å². The maximum Gasteiger partial charge on any atom is 0.276 e. The minimum atomic E-state index is -0.155. The van der Waals surface area contributed by atoms with Gasteiger partial charge >= 0.3 is 0 Å². The smallest absolute Gasteiger partial charge is 0.276 e. The Bertz CT molecular complexity index is 581. The maximum absolute atomic E-state index is 11.2. The van der Waals surface area contributed by atoms with Crippen molar-refractivity contribution >= 4 is 23.5 Å². The Morgan fingerprint density at radius 2 is 2.22 bits per heavy atom. The molecule has 0 aliphatic rings. The second-order valence-corrected chi connectivity index (χ2v) is 5.55. The quantitative estimate of drug-likeness (QED) is 0.662. The molecule has 0 radical (unpaired) electrons. The minimum absolute atomic E-state index is 0.155. The van der Waals surface area contributed by atoms with E-state index in [1.807, 2.05) is 6.92 Å². The lowest BCUT2D eigenvalue weighted by atomic mass is 10.5. The van der Waals surface area contributed by atoms with Gasteiger partial charge in [-0.15, -0.1) is 10.2 Å². The van der Waals surface area contributed by atoms with Crippen molar-refractivity contribution in [1.82, 2.24) is 20.2 Å². The summed E-state index contributed by atoms with van der Waals surface area (Å²) in [5.41, 5.74) is 0.534. The summed E-state index contributed by atoms with van der Waals surface area (Å²) in [6.45, 7) is 3.80. The van der Waals surface area contributed by atoms with Crippen molar-refractivity contribution in [3.05, 3.63) is 28.0 Å². The highest BCUT2D eigenvalue weighted by atomic mass is 32.2. The zero-order chi connectivity index (χ0) is 13.0. The molecule has 1 N–H and O–H groups in total. The Labute approximate surface area is 112 Å². The van der Waals surface area contributed by atoms with E-state index in [0.717, 1.165) is 5.75 Å². The first-order valence-electron chi connectivity index (χ1n) is 5.33. The van der Waals surface area contributed by atoms with E-state index in [9.17, 15) is 4.79 Å². The molecular formula is C10H12N4O2S2. The summed E-state index contributed by atoms with van der Waals surface area (Å²) in [5.74, 6) is 1.91. The van der Waals surface area contributed by atoms with E-state index < -0.39 is 0 Å². The summed E-state index contributed by atoms with van der Waals surface area (Å²) in [5, 5.41) is 8.94. The molecule has 8 heteroatoms. The summed E-state index contributed by atoms with van der Waals surface area (Å²) in [6.07, 6.45) is 0. The number of aromatic nitrogens is 4. The molecule has 0 aliphatic heterocycles. The largest absolute Gasteiger partial charge is 0.415 e. The van der Waals surface area contributed by atoms with Crippen molar-refractivity contribution in [2.24, 2.45) is 0 Å². The number of rotatable bonds is 5. The highest BCUT2D eigenvalue weighted by Gasteiger charge is 2.07. The predicted molar refractivity (Wildman–Crippen MR) is 69.9 cm³/mol. The first-order chi connectivity index (χ1) is 8.67. The molecule has 0 aliphatic carbocycles. The zero-order valence-corrected chi connectivity index (χ0v) is 11.6. The third-order valence-corrected chi connectivity index (χ3v) is 3.46. The van der Waals surface area contributed by atoms with E-state index in [-0.39, 0.29) is 5.56 Å². The Morgan fingerprint density at radius 3 is 2.94 bits per heavy atom. The van der Waals surface area contributed by atoms with Gasteiger partial charge in [-0.25, -0.2) is 4.98 Å². The fourth-order valence-corrected chi connectivity index (χ4v) is 2.49. The topological polar surface area (TPSA) is 84.7 Å². The highest BCUT2D eigenvalue weighted by molar-refractivity contribution is 7.99. The minimum Gasteiger partial charge on any atom is -0.415 e. The monoisotopic (exact) mass is 284 g/mol. The molecule has 0 bridgehead atoms. The van der Waals surface area contributed by atoms with Gasteiger partial charge in [-0.05, 0) is 12.7 Å². The molecule has 96 valence electrons. The van der Waals surface area contributed by atoms with E-state index >= 15 is 0 Å². The van der Waals surface area contributed by atoms with Crippen LogP contribution >= 0.6 is 23.5 Å². The normalized spacial score (nSPS) is 10.8. The fourth-order valence-electron chi connectivity index (χ4n) is 1.23. The van der Waals surface area contributed by atoms with Crippen LogP contribution in [-0.2, 0) is 5.75 Å². The lowest BCUT2D eigenvalue weighted by molar-refractivity contribution is 0.426. The van der Waals surface area contributed by atoms with Crippen molar-refractivity contribution in [1.29, 1.82) is 0 Å². The standard InChI is InChI=1S/C10H12N4O2S2/c1-3-17-10-14-13-8(16-10)5-18-9-11-6(2)4-7(15)12-9/h4H,3,5H2,1-2H3,(H,11,12,15). The Morgan fingerprint density at radius 1 is 1.39 bits per heavy atom. The highest BCUT2D eigenvalue weighted by Crippen LogP contribution is 2.20. The van der Waals surface area contributed by atoms with E-state index in [4.69, 9.17) is 4.42 Å². The number of aromatic amines is 1. The molecule has 0 saturated heterocycles. The van der Waals surface area contributed by atoms with Crippen LogP contribution in [0.2, 0.25) is 0 Å².